The first kappa shape index (κ1) is 19.6. The smallest absolute Gasteiger partial charge is 0.420 e. The Kier molecular flexibility index (Phi) is 4.89. The summed E-state index contributed by atoms with van der Waals surface area (Å²) in [5.41, 5.74) is 0.675. The molecule has 1 saturated carbocycles. The Morgan fingerprint density at radius 3 is 2.59 bits per heavy atom. The van der Waals surface area contributed by atoms with E-state index in [1.165, 1.54) is 19.2 Å². The van der Waals surface area contributed by atoms with Crippen LogP contribution in [0.25, 0.3) is 5.69 Å². The Hall–Kier alpha value is -2.75. The molecule has 0 unspecified atom stereocenters. The van der Waals surface area contributed by atoms with Gasteiger partial charge in [0.25, 0.3) is 0 Å². The van der Waals surface area contributed by atoms with Crippen LogP contribution in [0.5, 0.6) is 5.75 Å². The third-order valence-electron chi connectivity index (χ3n) is 4.80. The third kappa shape index (κ3) is 3.89. The van der Waals surface area contributed by atoms with Gasteiger partial charge in [-0.1, -0.05) is 12.1 Å². The van der Waals surface area contributed by atoms with Crippen molar-refractivity contribution in [2.45, 2.75) is 36.4 Å². The van der Waals surface area contributed by atoms with Crippen LogP contribution in [0.15, 0.2) is 46.1 Å². The van der Waals surface area contributed by atoms with Gasteiger partial charge in [-0.2, -0.15) is 22.5 Å². The van der Waals surface area contributed by atoms with Gasteiger partial charge in [-0.3, -0.25) is 0 Å². The molecule has 0 radical (unpaired) electrons. The highest BCUT2D eigenvalue weighted by molar-refractivity contribution is 7.80. The molecule has 3 aromatic rings. The zero-order valence-electron chi connectivity index (χ0n) is 15.3. The van der Waals surface area contributed by atoms with Crippen LogP contribution in [0.2, 0.25) is 0 Å². The van der Waals surface area contributed by atoms with Crippen LogP contribution in [0, 0.1) is 0 Å². The molecular formula is C19H17F3N4O2S. The lowest BCUT2D eigenvalue weighted by Crippen LogP contribution is -2.23. The molecule has 152 valence electrons. The lowest BCUT2D eigenvalue weighted by Gasteiger charge is -2.17. The number of hydrogen-bond acceptors (Lipinski definition) is 5. The number of thiol groups is 1. The number of halogens is 3. The molecule has 0 atom stereocenters. The van der Waals surface area contributed by atoms with Gasteiger partial charge in [0.15, 0.2) is 0 Å². The van der Waals surface area contributed by atoms with E-state index in [-0.39, 0.29) is 17.3 Å². The molecule has 6 nitrogen and oxygen atoms in total. The minimum atomic E-state index is -4.57. The quantitative estimate of drug-likeness (QED) is 0.637. The van der Waals surface area contributed by atoms with Crippen molar-refractivity contribution in [3.63, 3.8) is 0 Å². The van der Waals surface area contributed by atoms with Gasteiger partial charge in [0.1, 0.15) is 12.4 Å². The third-order valence-corrected chi connectivity index (χ3v) is 5.07. The summed E-state index contributed by atoms with van der Waals surface area (Å²) in [6.45, 7) is -0.139. The zero-order valence-corrected chi connectivity index (χ0v) is 16.2. The van der Waals surface area contributed by atoms with Crippen molar-refractivity contribution >= 4 is 12.6 Å². The molecule has 1 fully saturated rings. The molecule has 1 aliphatic carbocycles. The minimum absolute atomic E-state index is 0.139. The van der Waals surface area contributed by atoms with Crippen molar-refractivity contribution in [3.05, 3.63) is 63.6 Å². The SMILES string of the molecule is Cn1nnn(-c2cccc(C3CC3)c2COc2ccc(S)cc2C(F)(F)F)c1=O. The molecule has 10 heteroatoms. The molecule has 4 rings (SSSR count). The second-order valence-corrected chi connectivity index (χ2v) is 7.40. The average molecular weight is 422 g/mol. The van der Waals surface area contributed by atoms with Crippen molar-refractivity contribution in [2.24, 2.45) is 7.05 Å². The monoisotopic (exact) mass is 422 g/mol. The Morgan fingerprint density at radius 2 is 1.97 bits per heavy atom. The maximum atomic E-state index is 13.4. The van der Waals surface area contributed by atoms with E-state index in [0.717, 1.165) is 33.8 Å². The van der Waals surface area contributed by atoms with Crippen molar-refractivity contribution in [1.29, 1.82) is 0 Å². The summed E-state index contributed by atoms with van der Waals surface area (Å²) in [5, 5.41) is 7.58. The molecule has 0 spiro atoms. The van der Waals surface area contributed by atoms with Crippen LogP contribution in [0.3, 0.4) is 0 Å². The number of tetrazole rings is 1. The highest BCUT2D eigenvalue weighted by Crippen LogP contribution is 2.43. The molecule has 2 aromatic carbocycles. The minimum Gasteiger partial charge on any atom is -0.488 e. The maximum absolute atomic E-state index is 13.4. The van der Waals surface area contributed by atoms with Crippen LogP contribution in [-0.4, -0.2) is 19.8 Å². The van der Waals surface area contributed by atoms with E-state index in [4.69, 9.17) is 4.74 Å². The molecule has 29 heavy (non-hydrogen) atoms. The van der Waals surface area contributed by atoms with E-state index in [1.807, 2.05) is 6.07 Å². The summed E-state index contributed by atoms with van der Waals surface area (Å²) in [6, 6.07) is 9.00. The Morgan fingerprint density at radius 1 is 1.21 bits per heavy atom. The Labute approximate surface area is 169 Å². The number of ether oxygens (including phenoxy) is 1. The summed E-state index contributed by atoms with van der Waals surface area (Å²) >= 11 is 3.99. The standard InChI is InChI=1S/C19H17F3N4O2S/c1-25-18(27)26(24-23-25)16-4-2-3-13(11-5-6-11)14(16)10-28-17-8-7-12(29)9-15(17)19(20,21)22/h2-4,7-9,11,29H,5-6,10H2,1H3. The summed E-state index contributed by atoms with van der Waals surface area (Å²) in [4.78, 5) is 12.5. The second-order valence-electron chi connectivity index (χ2n) is 6.88. The first-order valence-corrected chi connectivity index (χ1v) is 9.34. The summed E-state index contributed by atoms with van der Waals surface area (Å²) < 4.78 is 48.0. The molecule has 1 aliphatic rings. The van der Waals surface area contributed by atoms with E-state index in [9.17, 15) is 18.0 Å². The van der Waals surface area contributed by atoms with Crippen LogP contribution >= 0.6 is 12.6 Å². The topological polar surface area (TPSA) is 61.9 Å². The zero-order chi connectivity index (χ0) is 20.8. The molecule has 0 aliphatic heterocycles. The molecule has 1 heterocycles. The summed E-state index contributed by atoms with van der Waals surface area (Å²) in [5.74, 6) is 0.00108. The molecular weight excluding hydrogens is 405 g/mol. The van der Waals surface area contributed by atoms with E-state index in [1.54, 1.807) is 12.1 Å². The van der Waals surface area contributed by atoms with Gasteiger partial charge < -0.3 is 4.74 Å². The molecule has 0 bridgehead atoms. The normalized spacial score (nSPS) is 14.2. The first-order chi connectivity index (χ1) is 13.8. The summed E-state index contributed by atoms with van der Waals surface area (Å²) in [6.07, 6.45) is -2.61. The number of aryl methyl sites for hydroxylation is 1. The van der Waals surface area contributed by atoms with E-state index >= 15 is 0 Å². The first-order valence-electron chi connectivity index (χ1n) is 8.90. The van der Waals surface area contributed by atoms with E-state index in [0.29, 0.717) is 17.2 Å². The average Bonchev–Trinajstić information content (AvgIpc) is 3.46. The number of alkyl halides is 3. The van der Waals surface area contributed by atoms with Gasteiger partial charge in [-0.15, -0.1) is 12.6 Å². The molecule has 0 N–H and O–H groups in total. The predicted octanol–water partition coefficient (Wildman–Crippen LogP) is 3.73. The molecule has 0 amide bonds. The van der Waals surface area contributed by atoms with Crippen molar-refractivity contribution < 1.29 is 17.9 Å². The molecule has 0 saturated heterocycles. The molecule has 1 aromatic heterocycles. The van der Waals surface area contributed by atoms with Crippen LogP contribution < -0.4 is 10.4 Å². The predicted molar refractivity (Wildman–Crippen MR) is 102 cm³/mol. The van der Waals surface area contributed by atoms with Crippen molar-refractivity contribution in [3.8, 4) is 11.4 Å². The van der Waals surface area contributed by atoms with E-state index in [2.05, 4.69) is 23.1 Å². The lowest BCUT2D eigenvalue weighted by molar-refractivity contribution is -0.139. The Bertz CT molecular complexity index is 1120. The van der Waals surface area contributed by atoms with Gasteiger partial charge in [0, 0.05) is 17.5 Å². The number of nitrogens with zero attached hydrogens (tertiary/aromatic N) is 4. The number of benzene rings is 2. The van der Waals surface area contributed by atoms with Crippen molar-refractivity contribution in [1.82, 2.24) is 19.8 Å². The van der Waals surface area contributed by atoms with Crippen LogP contribution in [-0.2, 0) is 19.8 Å². The lowest BCUT2D eigenvalue weighted by atomic mass is 10.0. The summed E-state index contributed by atoms with van der Waals surface area (Å²) in [7, 11) is 1.47. The number of aromatic nitrogens is 4. The number of hydrogen-bond donors (Lipinski definition) is 1. The second kappa shape index (κ2) is 7.25. The van der Waals surface area contributed by atoms with Crippen LogP contribution in [0.4, 0.5) is 13.2 Å². The van der Waals surface area contributed by atoms with Gasteiger partial charge >= 0.3 is 11.9 Å². The highest BCUT2D eigenvalue weighted by atomic mass is 32.1. The highest BCUT2D eigenvalue weighted by Gasteiger charge is 2.35. The Balaban J connectivity index is 1.75. The van der Waals surface area contributed by atoms with Gasteiger partial charge in [-0.05, 0) is 59.0 Å². The van der Waals surface area contributed by atoms with Crippen LogP contribution in [0.1, 0.15) is 35.4 Å². The fourth-order valence-corrected chi connectivity index (χ4v) is 3.41. The van der Waals surface area contributed by atoms with Gasteiger partial charge in [0.2, 0.25) is 0 Å². The van der Waals surface area contributed by atoms with Crippen molar-refractivity contribution in [2.75, 3.05) is 0 Å². The van der Waals surface area contributed by atoms with Gasteiger partial charge in [-0.25, -0.2) is 4.79 Å². The fraction of sp³-hybridized carbons (Fsp3) is 0.316. The largest absolute Gasteiger partial charge is 0.488 e. The maximum Gasteiger partial charge on any atom is 0.420 e. The van der Waals surface area contributed by atoms with E-state index < -0.39 is 17.4 Å². The van der Waals surface area contributed by atoms with Gasteiger partial charge in [0.05, 0.1) is 11.3 Å². The number of rotatable bonds is 5. The fourth-order valence-electron chi connectivity index (χ4n) is 3.20.